The highest BCUT2D eigenvalue weighted by Gasteiger charge is 2.12. The highest BCUT2D eigenvalue weighted by atomic mass is 35.5. The van der Waals surface area contributed by atoms with Crippen LogP contribution in [0.4, 0.5) is 5.13 Å². The van der Waals surface area contributed by atoms with E-state index in [-0.39, 0.29) is 30.5 Å². The van der Waals surface area contributed by atoms with Crippen molar-refractivity contribution >= 4 is 63.2 Å². The van der Waals surface area contributed by atoms with Crippen molar-refractivity contribution < 1.29 is 14.0 Å². The topological polar surface area (TPSA) is 97.1 Å². The van der Waals surface area contributed by atoms with E-state index >= 15 is 0 Å². The molecule has 7 nitrogen and oxygen atoms in total. The van der Waals surface area contributed by atoms with Crippen LogP contribution in [0.3, 0.4) is 0 Å². The van der Waals surface area contributed by atoms with Gasteiger partial charge in [-0.05, 0) is 29.8 Å². The number of rotatable bonds is 8. The SMILES string of the molecule is O=C(CCNC(=O)c1ccco1)Nc1nnc(SCc2c(Cl)cccc2Cl)s1. The van der Waals surface area contributed by atoms with Gasteiger partial charge in [0.25, 0.3) is 5.91 Å². The molecule has 0 atom stereocenters. The van der Waals surface area contributed by atoms with Crippen LogP contribution in [0.2, 0.25) is 10.0 Å². The van der Waals surface area contributed by atoms with Gasteiger partial charge in [0.05, 0.1) is 6.26 Å². The first-order valence-electron chi connectivity index (χ1n) is 8.03. The van der Waals surface area contributed by atoms with Gasteiger partial charge in [-0.1, -0.05) is 52.4 Å². The molecule has 0 aliphatic rings. The van der Waals surface area contributed by atoms with E-state index in [9.17, 15) is 9.59 Å². The number of nitrogens with one attached hydrogen (secondary N) is 2. The van der Waals surface area contributed by atoms with Gasteiger partial charge >= 0.3 is 0 Å². The summed E-state index contributed by atoms with van der Waals surface area (Å²) in [6.07, 6.45) is 1.51. The number of nitrogens with zero attached hydrogens (tertiary/aromatic N) is 2. The third-order valence-electron chi connectivity index (χ3n) is 3.44. The van der Waals surface area contributed by atoms with Gasteiger partial charge in [-0.25, -0.2) is 0 Å². The fourth-order valence-corrected chi connectivity index (χ4v) is 4.60. The number of anilines is 1. The Labute approximate surface area is 178 Å². The minimum absolute atomic E-state index is 0.101. The molecule has 2 heterocycles. The van der Waals surface area contributed by atoms with Crippen LogP contribution in [0.1, 0.15) is 22.5 Å². The molecule has 2 N–H and O–H groups in total. The first-order chi connectivity index (χ1) is 13.5. The van der Waals surface area contributed by atoms with E-state index in [4.69, 9.17) is 27.6 Å². The van der Waals surface area contributed by atoms with E-state index in [1.54, 1.807) is 30.3 Å². The molecule has 11 heteroatoms. The summed E-state index contributed by atoms with van der Waals surface area (Å²) in [6, 6.07) is 8.51. The predicted octanol–water partition coefficient (Wildman–Crippen LogP) is 4.49. The molecule has 0 bridgehead atoms. The Hall–Kier alpha value is -2.07. The summed E-state index contributed by atoms with van der Waals surface area (Å²) in [5.74, 6) is 0.0944. The zero-order chi connectivity index (χ0) is 19.9. The van der Waals surface area contributed by atoms with Gasteiger partial charge in [0.15, 0.2) is 10.1 Å². The van der Waals surface area contributed by atoms with E-state index in [1.807, 2.05) is 0 Å². The highest BCUT2D eigenvalue weighted by Crippen LogP contribution is 2.33. The molecule has 1 aromatic carbocycles. The molecule has 0 unspecified atom stereocenters. The Balaban J connectivity index is 1.43. The maximum Gasteiger partial charge on any atom is 0.286 e. The van der Waals surface area contributed by atoms with Gasteiger partial charge < -0.3 is 15.1 Å². The summed E-state index contributed by atoms with van der Waals surface area (Å²) in [5.41, 5.74) is 0.823. The molecule has 2 aromatic heterocycles. The molecule has 0 aliphatic carbocycles. The number of benzene rings is 1. The second-order valence-electron chi connectivity index (χ2n) is 5.39. The predicted molar refractivity (Wildman–Crippen MR) is 110 cm³/mol. The lowest BCUT2D eigenvalue weighted by molar-refractivity contribution is -0.116. The average molecular weight is 457 g/mol. The minimum atomic E-state index is -0.370. The molecule has 28 heavy (non-hydrogen) atoms. The van der Waals surface area contributed by atoms with Gasteiger partial charge in [-0.15, -0.1) is 10.2 Å². The van der Waals surface area contributed by atoms with E-state index in [0.29, 0.717) is 25.3 Å². The Bertz CT molecular complexity index is 943. The van der Waals surface area contributed by atoms with Crippen molar-refractivity contribution in [3.05, 3.63) is 58.0 Å². The number of carbonyl (C=O) groups is 2. The second kappa shape index (κ2) is 9.92. The van der Waals surface area contributed by atoms with E-state index in [2.05, 4.69) is 20.8 Å². The van der Waals surface area contributed by atoms with Crippen LogP contribution in [0, 0.1) is 0 Å². The first-order valence-corrected chi connectivity index (χ1v) is 10.6. The largest absolute Gasteiger partial charge is 0.459 e. The molecular formula is C17H14Cl2N4O3S2. The number of halogens is 2. The van der Waals surface area contributed by atoms with Crippen molar-refractivity contribution in [2.24, 2.45) is 0 Å². The van der Waals surface area contributed by atoms with E-state index in [1.165, 1.54) is 29.4 Å². The van der Waals surface area contributed by atoms with Gasteiger partial charge in [0, 0.05) is 28.8 Å². The lowest BCUT2D eigenvalue weighted by atomic mass is 10.2. The van der Waals surface area contributed by atoms with Crippen molar-refractivity contribution in [3.63, 3.8) is 0 Å². The molecule has 3 aromatic rings. The average Bonchev–Trinajstić information content (AvgIpc) is 3.33. The Morgan fingerprint density at radius 3 is 2.64 bits per heavy atom. The van der Waals surface area contributed by atoms with Crippen LogP contribution in [0.5, 0.6) is 0 Å². The number of furan rings is 1. The van der Waals surface area contributed by atoms with Crippen molar-refractivity contribution in [3.8, 4) is 0 Å². The van der Waals surface area contributed by atoms with Crippen molar-refractivity contribution in [1.29, 1.82) is 0 Å². The lowest BCUT2D eigenvalue weighted by Gasteiger charge is -2.04. The van der Waals surface area contributed by atoms with Crippen LogP contribution in [0.25, 0.3) is 0 Å². The number of amides is 2. The normalized spacial score (nSPS) is 10.6. The molecular weight excluding hydrogens is 443 g/mol. The monoisotopic (exact) mass is 456 g/mol. The quantitative estimate of drug-likeness (QED) is 0.382. The molecule has 0 saturated heterocycles. The Morgan fingerprint density at radius 2 is 1.93 bits per heavy atom. The van der Waals surface area contributed by atoms with Crippen LogP contribution in [-0.2, 0) is 10.5 Å². The van der Waals surface area contributed by atoms with Crippen molar-refractivity contribution in [2.75, 3.05) is 11.9 Å². The van der Waals surface area contributed by atoms with Gasteiger partial charge in [0.2, 0.25) is 11.0 Å². The second-order valence-corrected chi connectivity index (χ2v) is 8.41. The van der Waals surface area contributed by atoms with Crippen molar-refractivity contribution in [1.82, 2.24) is 15.5 Å². The molecule has 0 aliphatic heterocycles. The van der Waals surface area contributed by atoms with Crippen LogP contribution < -0.4 is 10.6 Å². The summed E-state index contributed by atoms with van der Waals surface area (Å²) < 4.78 is 5.65. The summed E-state index contributed by atoms with van der Waals surface area (Å²) in [6.45, 7) is 0.177. The van der Waals surface area contributed by atoms with Crippen LogP contribution in [-0.4, -0.2) is 28.6 Å². The molecule has 0 radical (unpaired) electrons. The number of thioether (sulfide) groups is 1. The van der Waals surface area contributed by atoms with E-state index < -0.39 is 0 Å². The summed E-state index contributed by atoms with van der Waals surface area (Å²) in [4.78, 5) is 23.7. The van der Waals surface area contributed by atoms with Crippen LogP contribution >= 0.6 is 46.3 Å². The Kier molecular flexibility index (Phi) is 7.32. The summed E-state index contributed by atoms with van der Waals surface area (Å²) >= 11 is 15.0. The van der Waals surface area contributed by atoms with Gasteiger partial charge in [0.1, 0.15) is 0 Å². The lowest BCUT2D eigenvalue weighted by Crippen LogP contribution is -2.27. The minimum Gasteiger partial charge on any atom is -0.459 e. The molecule has 0 saturated carbocycles. The molecule has 146 valence electrons. The summed E-state index contributed by atoms with van der Waals surface area (Å²) in [7, 11) is 0. The molecule has 0 fully saturated rings. The summed E-state index contributed by atoms with van der Waals surface area (Å²) in [5, 5.41) is 14.8. The zero-order valence-corrected chi connectivity index (χ0v) is 17.4. The first kappa shape index (κ1) is 20.7. The standard InChI is InChI=1S/C17H14Cl2N4O3S2/c18-11-3-1-4-12(19)10(11)9-27-17-23-22-16(28-17)21-14(24)6-7-20-15(25)13-5-2-8-26-13/h1-5,8H,6-7,9H2,(H,20,25)(H,21,22,24). The number of carbonyl (C=O) groups excluding carboxylic acids is 2. The highest BCUT2D eigenvalue weighted by molar-refractivity contribution is 8.00. The van der Waals surface area contributed by atoms with Crippen LogP contribution in [0.15, 0.2) is 45.4 Å². The van der Waals surface area contributed by atoms with Gasteiger partial charge in [-0.3, -0.25) is 9.59 Å². The Morgan fingerprint density at radius 1 is 1.14 bits per heavy atom. The molecule has 2 amide bonds. The number of aromatic nitrogens is 2. The third kappa shape index (κ3) is 5.71. The smallest absolute Gasteiger partial charge is 0.286 e. The van der Waals surface area contributed by atoms with Crippen molar-refractivity contribution in [2.45, 2.75) is 16.5 Å². The third-order valence-corrected chi connectivity index (χ3v) is 6.14. The molecule has 3 rings (SSSR count). The molecule has 0 spiro atoms. The van der Waals surface area contributed by atoms with Gasteiger partial charge in [-0.2, -0.15) is 0 Å². The maximum absolute atomic E-state index is 12.0. The zero-order valence-electron chi connectivity index (χ0n) is 14.3. The fraction of sp³-hybridized carbons (Fsp3) is 0.176. The maximum atomic E-state index is 12.0. The number of hydrogen-bond donors (Lipinski definition) is 2. The number of hydrogen-bond acceptors (Lipinski definition) is 7. The fourth-order valence-electron chi connectivity index (χ4n) is 2.09. The van der Waals surface area contributed by atoms with E-state index in [0.717, 1.165) is 5.56 Å².